The molecule has 7 heteroatoms. The van der Waals surface area contributed by atoms with Crippen molar-refractivity contribution in [2.45, 2.75) is 25.9 Å². The maximum Gasteiger partial charge on any atom is 0.267 e. The summed E-state index contributed by atoms with van der Waals surface area (Å²) in [6.45, 7) is 4.70. The summed E-state index contributed by atoms with van der Waals surface area (Å²) in [4.78, 5) is 20.5. The van der Waals surface area contributed by atoms with Gasteiger partial charge in [0.15, 0.2) is 0 Å². The van der Waals surface area contributed by atoms with Crippen LogP contribution < -0.4 is 10.9 Å². The summed E-state index contributed by atoms with van der Waals surface area (Å²) in [6.07, 6.45) is 3.28. The van der Waals surface area contributed by atoms with Crippen LogP contribution in [0.4, 0.5) is 5.82 Å². The van der Waals surface area contributed by atoms with Gasteiger partial charge >= 0.3 is 0 Å². The van der Waals surface area contributed by atoms with Gasteiger partial charge in [0.2, 0.25) is 0 Å². The molecule has 7 nitrogen and oxygen atoms in total. The van der Waals surface area contributed by atoms with E-state index in [1.54, 1.807) is 18.5 Å². The standard InChI is InChI=1S/C14H17N5O2/c1-9-3-4-13(20)19(18-9)12-8-21-7-11(12)17-14-10(2)15-5-6-16-14/h3-6,11-12H,7-8H2,1-2H3,(H,16,17). The zero-order chi connectivity index (χ0) is 14.8. The third-order valence-electron chi connectivity index (χ3n) is 3.53. The van der Waals surface area contributed by atoms with E-state index in [0.717, 1.165) is 11.4 Å². The summed E-state index contributed by atoms with van der Waals surface area (Å²) in [7, 11) is 0. The minimum Gasteiger partial charge on any atom is -0.377 e. The minimum atomic E-state index is -0.154. The van der Waals surface area contributed by atoms with Gasteiger partial charge in [-0.05, 0) is 19.9 Å². The second kappa shape index (κ2) is 5.61. The molecule has 2 aromatic heterocycles. The molecule has 3 heterocycles. The van der Waals surface area contributed by atoms with Gasteiger partial charge < -0.3 is 10.1 Å². The Labute approximate surface area is 122 Å². The molecule has 2 atom stereocenters. The normalized spacial score (nSPS) is 21.4. The molecule has 3 rings (SSSR count). The summed E-state index contributed by atoms with van der Waals surface area (Å²) >= 11 is 0. The summed E-state index contributed by atoms with van der Waals surface area (Å²) in [5, 5.41) is 7.62. The molecule has 0 amide bonds. The van der Waals surface area contributed by atoms with Crippen LogP contribution in [0.3, 0.4) is 0 Å². The van der Waals surface area contributed by atoms with Crippen molar-refractivity contribution in [1.29, 1.82) is 0 Å². The summed E-state index contributed by atoms with van der Waals surface area (Å²) in [5.74, 6) is 0.707. The molecular weight excluding hydrogens is 270 g/mol. The number of ether oxygens (including phenoxy) is 1. The van der Waals surface area contributed by atoms with Crippen molar-refractivity contribution in [2.75, 3.05) is 18.5 Å². The molecule has 1 aliphatic rings. The van der Waals surface area contributed by atoms with Gasteiger partial charge in [0, 0.05) is 18.5 Å². The Bertz CT molecular complexity index is 700. The van der Waals surface area contributed by atoms with Gasteiger partial charge in [-0.2, -0.15) is 5.10 Å². The highest BCUT2D eigenvalue weighted by molar-refractivity contribution is 5.40. The van der Waals surface area contributed by atoms with Crippen molar-refractivity contribution in [1.82, 2.24) is 19.7 Å². The smallest absolute Gasteiger partial charge is 0.267 e. The SMILES string of the molecule is Cc1ccc(=O)n(C2COCC2Nc2nccnc2C)n1. The quantitative estimate of drug-likeness (QED) is 0.895. The van der Waals surface area contributed by atoms with Gasteiger partial charge in [-0.1, -0.05) is 0 Å². The highest BCUT2D eigenvalue weighted by Crippen LogP contribution is 2.21. The van der Waals surface area contributed by atoms with E-state index in [0.29, 0.717) is 19.0 Å². The Balaban J connectivity index is 1.88. The van der Waals surface area contributed by atoms with Crippen LogP contribution in [-0.2, 0) is 4.74 Å². The van der Waals surface area contributed by atoms with Gasteiger partial charge in [0.25, 0.3) is 5.56 Å². The molecular formula is C14H17N5O2. The highest BCUT2D eigenvalue weighted by atomic mass is 16.5. The van der Waals surface area contributed by atoms with Crippen molar-refractivity contribution in [3.05, 3.63) is 46.3 Å². The lowest BCUT2D eigenvalue weighted by atomic mass is 10.1. The maximum atomic E-state index is 12.0. The zero-order valence-corrected chi connectivity index (χ0v) is 12.0. The average Bonchev–Trinajstić information content (AvgIpc) is 2.92. The summed E-state index contributed by atoms with van der Waals surface area (Å²) < 4.78 is 7.01. The molecule has 0 radical (unpaired) electrons. The fourth-order valence-corrected chi connectivity index (χ4v) is 2.41. The number of hydrogen-bond acceptors (Lipinski definition) is 6. The predicted octanol–water partition coefficient (Wildman–Crippen LogP) is 0.702. The van der Waals surface area contributed by atoms with Crippen LogP contribution in [0.2, 0.25) is 0 Å². The van der Waals surface area contributed by atoms with Gasteiger partial charge in [-0.3, -0.25) is 9.78 Å². The van der Waals surface area contributed by atoms with E-state index in [4.69, 9.17) is 4.74 Å². The third-order valence-corrected chi connectivity index (χ3v) is 3.53. The Hall–Kier alpha value is -2.28. The number of nitrogens with one attached hydrogen (secondary N) is 1. The molecule has 0 bridgehead atoms. The van der Waals surface area contributed by atoms with Crippen LogP contribution in [0.15, 0.2) is 29.3 Å². The van der Waals surface area contributed by atoms with Crippen molar-refractivity contribution >= 4 is 5.82 Å². The van der Waals surface area contributed by atoms with Crippen LogP contribution >= 0.6 is 0 Å². The Morgan fingerprint density at radius 1 is 1.24 bits per heavy atom. The summed E-state index contributed by atoms with van der Waals surface area (Å²) in [5.41, 5.74) is 1.49. The van der Waals surface area contributed by atoms with Crippen LogP contribution in [-0.4, -0.2) is 39.0 Å². The largest absolute Gasteiger partial charge is 0.377 e. The molecule has 1 saturated heterocycles. The third kappa shape index (κ3) is 2.78. The lowest BCUT2D eigenvalue weighted by Crippen LogP contribution is -2.37. The highest BCUT2D eigenvalue weighted by Gasteiger charge is 2.31. The molecule has 0 aromatic carbocycles. The lowest BCUT2D eigenvalue weighted by Gasteiger charge is -2.21. The zero-order valence-electron chi connectivity index (χ0n) is 12.0. The first-order chi connectivity index (χ1) is 10.1. The van der Waals surface area contributed by atoms with Gasteiger partial charge in [0.05, 0.1) is 30.6 Å². The van der Waals surface area contributed by atoms with Crippen molar-refractivity contribution in [3.8, 4) is 0 Å². The first kappa shape index (κ1) is 13.7. The Morgan fingerprint density at radius 2 is 2.05 bits per heavy atom. The number of rotatable bonds is 3. The maximum absolute atomic E-state index is 12.0. The summed E-state index contributed by atoms with van der Waals surface area (Å²) in [6, 6.07) is 3.03. The molecule has 0 aliphatic carbocycles. The average molecular weight is 287 g/mol. The molecule has 0 saturated carbocycles. The molecule has 1 aliphatic heterocycles. The number of nitrogens with zero attached hydrogens (tertiary/aromatic N) is 4. The van der Waals surface area contributed by atoms with Crippen molar-refractivity contribution in [2.24, 2.45) is 0 Å². The van der Waals surface area contributed by atoms with E-state index < -0.39 is 0 Å². The Kier molecular flexibility index (Phi) is 3.66. The van der Waals surface area contributed by atoms with Crippen molar-refractivity contribution < 1.29 is 4.74 Å². The minimum absolute atomic E-state index is 0.0626. The van der Waals surface area contributed by atoms with Crippen molar-refractivity contribution in [3.63, 3.8) is 0 Å². The van der Waals surface area contributed by atoms with Crippen LogP contribution in [0.25, 0.3) is 0 Å². The van der Waals surface area contributed by atoms with E-state index in [9.17, 15) is 4.79 Å². The molecule has 2 aromatic rings. The fraction of sp³-hybridized carbons (Fsp3) is 0.429. The van der Waals surface area contributed by atoms with Gasteiger partial charge in [0.1, 0.15) is 11.9 Å². The number of aromatic nitrogens is 4. The van der Waals surface area contributed by atoms with Crippen LogP contribution in [0.1, 0.15) is 17.4 Å². The topological polar surface area (TPSA) is 81.9 Å². The first-order valence-electron chi connectivity index (χ1n) is 6.83. The number of hydrogen-bond donors (Lipinski definition) is 1. The van der Waals surface area contributed by atoms with E-state index in [1.807, 2.05) is 13.8 Å². The number of aryl methyl sites for hydroxylation is 2. The molecule has 1 fully saturated rings. The second-order valence-electron chi connectivity index (χ2n) is 5.10. The lowest BCUT2D eigenvalue weighted by molar-refractivity contribution is 0.182. The van der Waals surface area contributed by atoms with Gasteiger partial charge in [-0.15, -0.1) is 0 Å². The van der Waals surface area contributed by atoms with E-state index in [1.165, 1.54) is 10.7 Å². The molecule has 21 heavy (non-hydrogen) atoms. The van der Waals surface area contributed by atoms with E-state index in [2.05, 4.69) is 20.4 Å². The monoisotopic (exact) mass is 287 g/mol. The predicted molar refractivity (Wildman–Crippen MR) is 77.3 cm³/mol. The first-order valence-corrected chi connectivity index (χ1v) is 6.83. The fourth-order valence-electron chi connectivity index (χ4n) is 2.41. The molecule has 110 valence electrons. The van der Waals surface area contributed by atoms with Crippen LogP contribution in [0.5, 0.6) is 0 Å². The molecule has 2 unspecified atom stereocenters. The number of anilines is 1. The van der Waals surface area contributed by atoms with E-state index in [-0.39, 0.29) is 17.6 Å². The van der Waals surface area contributed by atoms with Crippen LogP contribution in [0, 0.1) is 13.8 Å². The molecule has 1 N–H and O–H groups in total. The Morgan fingerprint density at radius 3 is 2.86 bits per heavy atom. The van der Waals surface area contributed by atoms with Gasteiger partial charge in [-0.25, -0.2) is 9.67 Å². The molecule has 0 spiro atoms. The second-order valence-corrected chi connectivity index (χ2v) is 5.10. The van der Waals surface area contributed by atoms with E-state index >= 15 is 0 Å².